The molecule has 0 saturated heterocycles. The van der Waals surface area contributed by atoms with E-state index in [2.05, 4.69) is 60.8 Å². The van der Waals surface area contributed by atoms with Crippen LogP contribution in [0.5, 0.6) is 0 Å². The Labute approximate surface area is 109 Å². The van der Waals surface area contributed by atoms with Crippen molar-refractivity contribution in [3.8, 4) is 0 Å². The molecular weight excluding hydrogens is 218 g/mol. The van der Waals surface area contributed by atoms with Crippen LogP contribution < -0.4 is 5.32 Å². The summed E-state index contributed by atoms with van der Waals surface area (Å²) in [5.74, 6) is 0.623. The lowest BCUT2D eigenvalue weighted by Gasteiger charge is -2.15. The minimum absolute atomic E-state index is 0.623. The predicted molar refractivity (Wildman–Crippen MR) is 77.2 cm³/mol. The zero-order chi connectivity index (χ0) is 12.4. The Morgan fingerprint density at radius 1 is 1.00 bits per heavy atom. The number of fused-ring (bicyclic) bond motifs is 1. The van der Waals surface area contributed by atoms with Crippen molar-refractivity contribution < 1.29 is 0 Å². The van der Waals surface area contributed by atoms with E-state index in [1.165, 1.54) is 35.2 Å². The first-order valence-corrected chi connectivity index (χ1v) is 6.71. The van der Waals surface area contributed by atoms with Crippen molar-refractivity contribution >= 4 is 5.69 Å². The van der Waals surface area contributed by atoms with Gasteiger partial charge in [-0.3, -0.25) is 0 Å². The fourth-order valence-electron chi connectivity index (χ4n) is 2.70. The van der Waals surface area contributed by atoms with E-state index in [0.717, 1.165) is 6.54 Å². The van der Waals surface area contributed by atoms with Crippen molar-refractivity contribution in [1.29, 1.82) is 0 Å². The number of para-hydroxylation sites is 1. The molecule has 2 aromatic carbocycles. The quantitative estimate of drug-likeness (QED) is 0.786. The van der Waals surface area contributed by atoms with Crippen LogP contribution in [0, 0.1) is 6.92 Å². The summed E-state index contributed by atoms with van der Waals surface area (Å²) >= 11 is 0. The van der Waals surface area contributed by atoms with Crippen LogP contribution in [0.4, 0.5) is 5.69 Å². The molecule has 1 N–H and O–H groups in total. The van der Waals surface area contributed by atoms with Crippen molar-refractivity contribution in [2.75, 3.05) is 11.9 Å². The van der Waals surface area contributed by atoms with Crippen LogP contribution in [0.2, 0.25) is 0 Å². The van der Waals surface area contributed by atoms with E-state index in [-0.39, 0.29) is 0 Å². The van der Waals surface area contributed by atoms with E-state index < -0.39 is 0 Å². The number of hydrogen-bond donors (Lipinski definition) is 1. The van der Waals surface area contributed by atoms with Crippen LogP contribution in [-0.4, -0.2) is 6.54 Å². The van der Waals surface area contributed by atoms with E-state index in [4.69, 9.17) is 0 Å². The zero-order valence-electron chi connectivity index (χ0n) is 10.8. The van der Waals surface area contributed by atoms with Gasteiger partial charge in [-0.15, -0.1) is 0 Å². The molecule has 1 aliphatic heterocycles. The van der Waals surface area contributed by atoms with Gasteiger partial charge in [-0.25, -0.2) is 0 Å². The second kappa shape index (κ2) is 4.85. The lowest BCUT2D eigenvalue weighted by molar-refractivity contribution is 0.665. The number of hydrogen-bond acceptors (Lipinski definition) is 1. The maximum Gasteiger partial charge on any atom is 0.0372 e. The third-order valence-electron chi connectivity index (χ3n) is 3.87. The van der Waals surface area contributed by atoms with Gasteiger partial charge in [0, 0.05) is 18.2 Å². The van der Waals surface area contributed by atoms with Crippen LogP contribution >= 0.6 is 0 Å². The summed E-state index contributed by atoms with van der Waals surface area (Å²) in [6.07, 6.45) is 2.40. The van der Waals surface area contributed by atoms with Gasteiger partial charge in [0.05, 0.1) is 0 Å². The van der Waals surface area contributed by atoms with Gasteiger partial charge in [0.15, 0.2) is 0 Å². The normalized spacial score (nSPS) is 18.6. The smallest absolute Gasteiger partial charge is 0.0372 e. The summed E-state index contributed by atoms with van der Waals surface area (Å²) in [4.78, 5) is 0. The number of aryl methyl sites for hydroxylation is 2. The topological polar surface area (TPSA) is 12.0 Å². The summed E-state index contributed by atoms with van der Waals surface area (Å²) < 4.78 is 0. The van der Waals surface area contributed by atoms with Crippen LogP contribution in [0.3, 0.4) is 0 Å². The second-order valence-corrected chi connectivity index (χ2v) is 5.18. The Balaban J connectivity index is 1.80. The molecule has 92 valence electrons. The SMILES string of the molecule is Cc1ccc([C@H]2CCc3ccccc3NC2)cc1. The highest BCUT2D eigenvalue weighted by atomic mass is 14.9. The van der Waals surface area contributed by atoms with Gasteiger partial charge in [-0.1, -0.05) is 48.0 Å². The molecule has 0 saturated carbocycles. The minimum Gasteiger partial charge on any atom is -0.384 e. The third kappa shape index (κ3) is 2.26. The lowest BCUT2D eigenvalue weighted by atomic mass is 9.93. The molecule has 1 heteroatoms. The highest BCUT2D eigenvalue weighted by Crippen LogP contribution is 2.29. The van der Waals surface area contributed by atoms with Gasteiger partial charge >= 0.3 is 0 Å². The van der Waals surface area contributed by atoms with Crippen LogP contribution in [0.25, 0.3) is 0 Å². The largest absolute Gasteiger partial charge is 0.384 e. The van der Waals surface area contributed by atoms with E-state index in [0.29, 0.717) is 5.92 Å². The fourth-order valence-corrected chi connectivity index (χ4v) is 2.70. The van der Waals surface area contributed by atoms with Crippen molar-refractivity contribution in [3.05, 3.63) is 65.2 Å². The van der Waals surface area contributed by atoms with Crippen molar-refractivity contribution in [3.63, 3.8) is 0 Å². The van der Waals surface area contributed by atoms with E-state index in [1.54, 1.807) is 0 Å². The molecular formula is C17H19N. The number of benzene rings is 2. The van der Waals surface area contributed by atoms with E-state index >= 15 is 0 Å². The van der Waals surface area contributed by atoms with Crippen LogP contribution in [0.1, 0.15) is 29.0 Å². The van der Waals surface area contributed by atoms with Crippen molar-refractivity contribution in [2.45, 2.75) is 25.7 Å². The molecule has 1 heterocycles. The monoisotopic (exact) mass is 237 g/mol. The Morgan fingerprint density at radius 2 is 1.78 bits per heavy atom. The van der Waals surface area contributed by atoms with E-state index in [9.17, 15) is 0 Å². The molecule has 0 spiro atoms. The van der Waals surface area contributed by atoms with Gasteiger partial charge in [0.2, 0.25) is 0 Å². The summed E-state index contributed by atoms with van der Waals surface area (Å²) in [5, 5.41) is 3.59. The first kappa shape index (κ1) is 11.3. The molecule has 0 bridgehead atoms. The highest BCUT2D eigenvalue weighted by Gasteiger charge is 2.16. The average molecular weight is 237 g/mol. The molecule has 0 aromatic heterocycles. The summed E-state index contributed by atoms with van der Waals surface area (Å²) in [7, 11) is 0. The fraction of sp³-hybridized carbons (Fsp3) is 0.294. The molecule has 2 aromatic rings. The predicted octanol–water partition coefficient (Wildman–Crippen LogP) is 4.14. The van der Waals surface area contributed by atoms with Gasteiger partial charge < -0.3 is 5.32 Å². The molecule has 3 rings (SSSR count). The summed E-state index contributed by atoms with van der Waals surface area (Å²) in [6.45, 7) is 3.19. The first-order chi connectivity index (χ1) is 8.83. The molecule has 1 nitrogen and oxygen atoms in total. The standard InChI is InChI=1S/C17H19N/c1-13-6-8-14(9-7-13)16-11-10-15-4-2-3-5-17(15)18-12-16/h2-9,16,18H,10-12H2,1H3/t16-/m0/s1. The van der Waals surface area contributed by atoms with Crippen LogP contribution in [-0.2, 0) is 6.42 Å². The van der Waals surface area contributed by atoms with Gasteiger partial charge in [-0.05, 0) is 37.0 Å². The van der Waals surface area contributed by atoms with Crippen molar-refractivity contribution in [1.82, 2.24) is 0 Å². The van der Waals surface area contributed by atoms with Gasteiger partial charge in [0.25, 0.3) is 0 Å². The number of nitrogens with one attached hydrogen (secondary N) is 1. The van der Waals surface area contributed by atoms with Gasteiger partial charge in [-0.2, -0.15) is 0 Å². The molecule has 0 aliphatic carbocycles. The first-order valence-electron chi connectivity index (χ1n) is 6.71. The highest BCUT2D eigenvalue weighted by molar-refractivity contribution is 5.52. The molecule has 1 aliphatic rings. The van der Waals surface area contributed by atoms with Crippen molar-refractivity contribution in [2.24, 2.45) is 0 Å². The lowest BCUT2D eigenvalue weighted by Crippen LogP contribution is -2.10. The minimum atomic E-state index is 0.623. The van der Waals surface area contributed by atoms with Crippen LogP contribution in [0.15, 0.2) is 48.5 Å². The summed E-state index contributed by atoms with van der Waals surface area (Å²) in [6, 6.07) is 17.6. The van der Waals surface area contributed by atoms with E-state index in [1.807, 2.05) is 0 Å². The molecule has 1 atom stereocenters. The maximum atomic E-state index is 3.59. The second-order valence-electron chi connectivity index (χ2n) is 5.18. The van der Waals surface area contributed by atoms with Gasteiger partial charge in [0.1, 0.15) is 0 Å². The number of rotatable bonds is 1. The molecule has 18 heavy (non-hydrogen) atoms. The maximum absolute atomic E-state index is 3.59. The third-order valence-corrected chi connectivity index (χ3v) is 3.87. The Kier molecular flexibility index (Phi) is 3.06. The average Bonchev–Trinajstić information content (AvgIpc) is 2.62. The Bertz CT molecular complexity index is 501. The molecule has 0 fully saturated rings. The molecule has 0 unspecified atom stereocenters. The number of anilines is 1. The Morgan fingerprint density at radius 3 is 2.61 bits per heavy atom. The molecule has 0 radical (unpaired) electrons. The zero-order valence-corrected chi connectivity index (χ0v) is 10.8. The molecule has 0 amide bonds. The Hall–Kier alpha value is -1.76. The summed E-state index contributed by atoms with van der Waals surface area (Å²) in [5.41, 5.74) is 5.56.